The van der Waals surface area contributed by atoms with Crippen molar-refractivity contribution in [1.82, 2.24) is 4.90 Å². The highest BCUT2D eigenvalue weighted by Gasteiger charge is 2.33. The number of aliphatic hydroxyl groups is 1. The number of nitrogens with zero attached hydrogens (tertiary/aromatic N) is 2. The van der Waals surface area contributed by atoms with Gasteiger partial charge in [-0.25, -0.2) is 0 Å². The van der Waals surface area contributed by atoms with Gasteiger partial charge in [0.2, 0.25) is 0 Å². The first kappa shape index (κ1) is 37.5. The van der Waals surface area contributed by atoms with Crippen molar-refractivity contribution in [2.75, 3.05) is 48.1 Å². The van der Waals surface area contributed by atoms with Gasteiger partial charge in [-0.15, -0.1) is 0 Å². The number of likely N-dealkylation sites (tertiary alicyclic amines) is 1. The van der Waals surface area contributed by atoms with Crippen molar-refractivity contribution >= 4 is 0 Å². The molecule has 1 N–H and O–H groups in total. The molecule has 2 atom stereocenters. The van der Waals surface area contributed by atoms with Crippen LogP contribution in [0.5, 0.6) is 23.0 Å². The van der Waals surface area contributed by atoms with Gasteiger partial charge in [-0.1, -0.05) is 83.3 Å². The molecule has 2 aromatic rings. The Hall–Kier alpha value is -2.95. The Morgan fingerprint density at radius 2 is 1.26 bits per heavy atom. The Kier molecular flexibility index (Phi) is 16.6. The molecule has 256 valence electrons. The molecular weight excluding hydrogens is 576 g/mol. The zero-order chi connectivity index (χ0) is 33.2. The summed E-state index contributed by atoms with van der Waals surface area (Å²) in [6.45, 7) is 5.11. The Morgan fingerprint density at radius 3 is 1.83 bits per heavy atom. The van der Waals surface area contributed by atoms with Gasteiger partial charge in [-0.3, -0.25) is 0 Å². The average Bonchev–Trinajstić information content (AvgIpc) is 3.11. The Labute approximate surface area is 279 Å². The summed E-state index contributed by atoms with van der Waals surface area (Å²) in [5, 5.41) is 21.9. The van der Waals surface area contributed by atoms with E-state index in [1.165, 1.54) is 57.8 Å². The van der Waals surface area contributed by atoms with Crippen LogP contribution >= 0.6 is 0 Å². The lowest BCUT2D eigenvalue weighted by Gasteiger charge is -2.35. The van der Waals surface area contributed by atoms with E-state index in [1.807, 2.05) is 30.3 Å². The monoisotopic (exact) mass is 636 g/mol. The number of ether oxygens (including phenoxy) is 4. The second-order valence-electron chi connectivity index (χ2n) is 13.0. The van der Waals surface area contributed by atoms with Crippen molar-refractivity contribution in [2.45, 2.75) is 115 Å². The normalized spacial score (nSPS) is 15.9. The number of benzene rings is 2. The molecule has 7 nitrogen and oxygen atoms in total. The van der Waals surface area contributed by atoms with Gasteiger partial charge in [0.05, 0.1) is 46.0 Å². The number of nitriles is 1. The summed E-state index contributed by atoms with van der Waals surface area (Å²) in [4.78, 5) is 2.50. The van der Waals surface area contributed by atoms with Crippen LogP contribution in [0.15, 0.2) is 36.4 Å². The zero-order valence-electron chi connectivity index (χ0n) is 29.3. The number of unbranched alkanes of at least 4 members (excludes halogenated alkanes) is 9. The van der Waals surface area contributed by atoms with Gasteiger partial charge >= 0.3 is 0 Å². The largest absolute Gasteiger partial charge is 0.493 e. The predicted molar refractivity (Wildman–Crippen MR) is 186 cm³/mol. The highest BCUT2D eigenvalue weighted by atomic mass is 16.5. The van der Waals surface area contributed by atoms with Crippen molar-refractivity contribution in [1.29, 1.82) is 5.26 Å². The van der Waals surface area contributed by atoms with E-state index in [9.17, 15) is 10.4 Å². The molecule has 1 aliphatic rings. The summed E-state index contributed by atoms with van der Waals surface area (Å²) in [5.74, 6) is 2.89. The van der Waals surface area contributed by atoms with E-state index in [4.69, 9.17) is 18.9 Å². The zero-order valence-corrected chi connectivity index (χ0v) is 29.3. The molecule has 0 saturated carbocycles. The average molecular weight is 637 g/mol. The molecule has 7 heteroatoms. The van der Waals surface area contributed by atoms with Gasteiger partial charge in [0.15, 0.2) is 23.0 Å². The van der Waals surface area contributed by atoms with Crippen LogP contribution in [0.4, 0.5) is 0 Å². The number of aliphatic hydroxyl groups excluding tert-OH is 1. The highest BCUT2D eigenvalue weighted by Crippen LogP contribution is 2.40. The van der Waals surface area contributed by atoms with Crippen LogP contribution in [-0.4, -0.2) is 58.1 Å². The van der Waals surface area contributed by atoms with Crippen molar-refractivity contribution in [2.24, 2.45) is 5.92 Å². The molecular formula is C39H60N2O5. The Balaban J connectivity index is 1.55. The molecule has 46 heavy (non-hydrogen) atoms. The minimum Gasteiger partial charge on any atom is -0.493 e. The maximum Gasteiger partial charge on any atom is 0.161 e. The number of methoxy groups -OCH3 is 4. The van der Waals surface area contributed by atoms with Crippen LogP contribution in [0.25, 0.3) is 0 Å². The van der Waals surface area contributed by atoms with Crippen molar-refractivity contribution in [3.05, 3.63) is 47.5 Å². The highest BCUT2D eigenvalue weighted by molar-refractivity contribution is 5.47. The second kappa shape index (κ2) is 20.3. The summed E-state index contributed by atoms with van der Waals surface area (Å²) < 4.78 is 21.9. The molecule has 3 rings (SSSR count). The van der Waals surface area contributed by atoms with Gasteiger partial charge in [-0.05, 0) is 93.0 Å². The molecule has 0 bridgehead atoms. The lowest BCUT2D eigenvalue weighted by atomic mass is 9.74. The molecule has 0 aliphatic carbocycles. The van der Waals surface area contributed by atoms with E-state index >= 15 is 0 Å². The maximum absolute atomic E-state index is 11.2. The Bertz CT molecular complexity index is 1190. The third-order valence-corrected chi connectivity index (χ3v) is 10.0. The van der Waals surface area contributed by atoms with E-state index in [-0.39, 0.29) is 5.92 Å². The number of hydrogen-bond acceptors (Lipinski definition) is 7. The fraction of sp³-hybridized carbons (Fsp3) is 0.667. The van der Waals surface area contributed by atoms with Gasteiger partial charge < -0.3 is 29.0 Å². The molecule has 2 unspecified atom stereocenters. The molecule has 0 amide bonds. The molecule has 1 fully saturated rings. The molecule has 0 aromatic heterocycles. The van der Waals surface area contributed by atoms with E-state index in [2.05, 4.69) is 24.0 Å². The number of hydrogen-bond donors (Lipinski definition) is 1. The van der Waals surface area contributed by atoms with Gasteiger partial charge in [0, 0.05) is 0 Å². The summed E-state index contributed by atoms with van der Waals surface area (Å²) in [6.07, 6.45) is 16.8. The summed E-state index contributed by atoms with van der Waals surface area (Å²) >= 11 is 0. The van der Waals surface area contributed by atoms with Crippen molar-refractivity contribution in [3.8, 4) is 29.1 Å². The number of piperidine rings is 1. The first-order chi connectivity index (χ1) is 22.4. The first-order valence-corrected chi connectivity index (χ1v) is 17.7. The molecule has 0 spiro atoms. The standard InChI is InChI=1S/C39H60N2O5/c1-6-7-8-9-10-11-12-13-14-15-23-39(30-40,33-18-20-35(44-3)37(29-33)46-5)24-16-25-41-26-21-31(22-27-41)38(42)32-17-19-34(43-2)36(28-32)45-4/h17-20,28-29,31,38,42H,6-16,21-27H2,1-5H3. The van der Waals surface area contributed by atoms with Crippen LogP contribution in [0.1, 0.15) is 120 Å². The Morgan fingerprint density at radius 1 is 0.739 bits per heavy atom. The molecule has 2 aromatic carbocycles. The topological polar surface area (TPSA) is 84.2 Å². The quantitative estimate of drug-likeness (QED) is 0.129. The van der Waals surface area contributed by atoms with Crippen LogP contribution in [0, 0.1) is 17.2 Å². The van der Waals surface area contributed by atoms with Crippen molar-refractivity contribution in [3.63, 3.8) is 0 Å². The van der Waals surface area contributed by atoms with Gasteiger partial charge in [0.25, 0.3) is 0 Å². The predicted octanol–water partition coefficient (Wildman–Crippen LogP) is 9.02. The van der Waals surface area contributed by atoms with E-state index in [1.54, 1.807) is 28.4 Å². The van der Waals surface area contributed by atoms with Gasteiger partial charge in [0.1, 0.15) is 0 Å². The van der Waals surface area contributed by atoms with Crippen molar-refractivity contribution < 1.29 is 24.1 Å². The lowest BCUT2D eigenvalue weighted by Crippen LogP contribution is -2.37. The first-order valence-electron chi connectivity index (χ1n) is 17.7. The summed E-state index contributed by atoms with van der Waals surface area (Å²) in [7, 11) is 6.55. The second-order valence-corrected chi connectivity index (χ2v) is 13.0. The molecule has 1 heterocycles. The smallest absolute Gasteiger partial charge is 0.161 e. The SMILES string of the molecule is CCCCCCCCCCCCC(C#N)(CCCN1CCC(C(O)c2ccc(OC)c(OC)c2)CC1)c1ccc(OC)c(OC)c1. The van der Waals surface area contributed by atoms with E-state index in [0.29, 0.717) is 23.0 Å². The van der Waals surface area contributed by atoms with E-state index < -0.39 is 11.5 Å². The fourth-order valence-corrected chi connectivity index (χ4v) is 7.04. The molecule has 1 saturated heterocycles. The minimum absolute atomic E-state index is 0.204. The summed E-state index contributed by atoms with van der Waals surface area (Å²) in [6, 6.07) is 14.5. The maximum atomic E-state index is 11.2. The third kappa shape index (κ3) is 10.8. The minimum atomic E-state index is -0.554. The van der Waals surface area contributed by atoms with Crippen LogP contribution in [-0.2, 0) is 5.41 Å². The molecule has 0 radical (unpaired) electrons. The molecule has 1 aliphatic heterocycles. The number of rotatable bonds is 22. The van der Waals surface area contributed by atoms with Crippen LogP contribution in [0.2, 0.25) is 0 Å². The van der Waals surface area contributed by atoms with E-state index in [0.717, 1.165) is 69.3 Å². The van der Waals surface area contributed by atoms with Gasteiger partial charge in [-0.2, -0.15) is 5.26 Å². The lowest BCUT2D eigenvalue weighted by molar-refractivity contribution is 0.0579. The van der Waals surface area contributed by atoms with Crippen LogP contribution < -0.4 is 18.9 Å². The summed E-state index contributed by atoms with van der Waals surface area (Å²) in [5.41, 5.74) is 1.35. The van der Waals surface area contributed by atoms with Crippen LogP contribution in [0.3, 0.4) is 0 Å². The third-order valence-electron chi connectivity index (χ3n) is 10.0. The fourth-order valence-electron chi connectivity index (χ4n) is 7.04.